The summed E-state index contributed by atoms with van der Waals surface area (Å²) in [6.45, 7) is 1.89. The van der Waals surface area contributed by atoms with Crippen molar-refractivity contribution in [1.82, 2.24) is 4.98 Å². The third-order valence-electron chi connectivity index (χ3n) is 2.33. The van der Waals surface area contributed by atoms with Gasteiger partial charge < -0.3 is 10.1 Å². The molecule has 0 aliphatic heterocycles. The Morgan fingerprint density at radius 2 is 1.80 bits per heavy atom. The van der Waals surface area contributed by atoms with Crippen molar-refractivity contribution in [3.8, 4) is 16.9 Å². The topological polar surface area (TPSA) is 53.1 Å². The minimum Gasteiger partial charge on any atom is -0.508 e. The first-order chi connectivity index (χ1) is 7.18. The van der Waals surface area contributed by atoms with Gasteiger partial charge in [-0.15, -0.1) is 0 Å². The van der Waals surface area contributed by atoms with Gasteiger partial charge in [-0.2, -0.15) is 0 Å². The highest BCUT2D eigenvalue weighted by atomic mass is 16.3. The maximum atomic E-state index is 11.6. The normalized spacial score (nSPS) is 10.2. The molecule has 0 saturated heterocycles. The molecule has 0 saturated carbocycles. The summed E-state index contributed by atoms with van der Waals surface area (Å²) in [5.41, 5.74) is 2.27. The van der Waals surface area contributed by atoms with Gasteiger partial charge in [-0.1, -0.05) is 12.1 Å². The molecule has 0 atom stereocenters. The number of H-pyrrole nitrogens is 1. The number of phenolic OH excluding ortho intramolecular Hbond substituents is 1. The number of benzene rings is 1. The summed E-state index contributed by atoms with van der Waals surface area (Å²) in [4.78, 5) is 14.2. The molecule has 0 bridgehead atoms. The van der Waals surface area contributed by atoms with E-state index in [1.54, 1.807) is 30.5 Å². The van der Waals surface area contributed by atoms with Gasteiger partial charge in [-0.25, -0.2) is 0 Å². The average Bonchev–Trinajstić information content (AvgIpc) is 2.20. The van der Waals surface area contributed by atoms with E-state index in [-0.39, 0.29) is 11.3 Å². The van der Waals surface area contributed by atoms with Crippen LogP contribution in [-0.4, -0.2) is 10.1 Å². The van der Waals surface area contributed by atoms with Gasteiger partial charge in [0.1, 0.15) is 5.75 Å². The first-order valence-electron chi connectivity index (χ1n) is 4.66. The Hall–Kier alpha value is -2.03. The molecule has 0 spiro atoms. The molecule has 76 valence electrons. The Kier molecular flexibility index (Phi) is 2.29. The van der Waals surface area contributed by atoms with Crippen LogP contribution in [0.1, 0.15) is 5.56 Å². The maximum Gasteiger partial charge on any atom is 0.256 e. The van der Waals surface area contributed by atoms with Crippen molar-refractivity contribution in [3.05, 3.63) is 52.4 Å². The molecule has 1 aromatic heterocycles. The second-order valence-corrected chi connectivity index (χ2v) is 3.41. The van der Waals surface area contributed by atoms with Crippen molar-refractivity contribution in [3.63, 3.8) is 0 Å². The van der Waals surface area contributed by atoms with Crippen LogP contribution in [0.15, 0.2) is 41.3 Å². The summed E-state index contributed by atoms with van der Waals surface area (Å²) >= 11 is 0. The van der Waals surface area contributed by atoms with Gasteiger partial charge in [0.15, 0.2) is 0 Å². The summed E-state index contributed by atoms with van der Waals surface area (Å²) in [6.07, 6.45) is 1.63. The third-order valence-corrected chi connectivity index (χ3v) is 2.33. The van der Waals surface area contributed by atoms with Crippen LogP contribution in [0.5, 0.6) is 5.75 Å². The zero-order chi connectivity index (χ0) is 10.8. The zero-order valence-corrected chi connectivity index (χ0v) is 8.32. The van der Waals surface area contributed by atoms with Gasteiger partial charge in [0.2, 0.25) is 0 Å². The molecular weight excluding hydrogens is 190 g/mol. The Balaban J connectivity index is 2.64. The lowest BCUT2D eigenvalue weighted by atomic mass is 10.0. The highest BCUT2D eigenvalue weighted by Crippen LogP contribution is 2.21. The smallest absolute Gasteiger partial charge is 0.256 e. The van der Waals surface area contributed by atoms with Crippen molar-refractivity contribution in [2.45, 2.75) is 6.92 Å². The number of aryl methyl sites for hydroxylation is 1. The molecular formula is C12H11NO2. The van der Waals surface area contributed by atoms with Crippen LogP contribution in [0.4, 0.5) is 0 Å². The standard InChI is InChI=1S/C12H11NO2/c1-8-6-7-13-12(15)11(8)9-2-4-10(14)5-3-9/h2-7,14H,1H3,(H,13,15). The molecule has 1 heterocycles. The molecule has 2 N–H and O–H groups in total. The molecule has 2 aromatic rings. The molecule has 0 unspecified atom stereocenters. The van der Waals surface area contributed by atoms with Gasteiger partial charge in [0.05, 0.1) is 0 Å². The molecule has 0 aliphatic carbocycles. The molecule has 2 rings (SSSR count). The molecule has 3 heteroatoms. The van der Waals surface area contributed by atoms with Crippen molar-refractivity contribution >= 4 is 0 Å². The predicted octanol–water partition coefficient (Wildman–Crippen LogP) is 2.06. The summed E-state index contributed by atoms with van der Waals surface area (Å²) in [7, 11) is 0. The zero-order valence-electron chi connectivity index (χ0n) is 8.32. The fraction of sp³-hybridized carbons (Fsp3) is 0.0833. The number of hydrogen-bond donors (Lipinski definition) is 2. The van der Waals surface area contributed by atoms with Gasteiger partial charge in [-0.05, 0) is 36.2 Å². The quantitative estimate of drug-likeness (QED) is 0.742. The fourth-order valence-electron chi connectivity index (χ4n) is 1.56. The van der Waals surface area contributed by atoms with Crippen LogP contribution >= 0.6 is 0 Å². The van der Waals surface area contributed by atoms with Gasteiger partial charge in [0.25, 0.3) is 5.56 Å². The summed E-state index contributed by atoms with van der Waals surface area (Å²) < 4.78 is 0. The lowest BCUT2D eigenvalue weighted by molar-refractivity contribution is 0.475. The second-order valence-electron chi connectivity index (χ2n) is 3.41. The van der Waals surface area contributed by atoms with Crippen molar-refractivity contribution in [2.24, 2.45) is 0 Å². The molecule has 15 heavy (non-hydrogen) atoms. The van der Waals surface area contributed by atoms with E-state index in [0.29, 0.717) is 5.56 Å². The van der Waals surface area contributed by atoms with Crippen molar-refractivity contribution in [1.29, 1.82) is 0 Å². The Labute approximate surface area is 87.0 Å². The fourth-order valence-corrected chi connectivity index (χ4v) is 1.56. The van der Waals surface area contributed by atoms with E-state index >= 15 is 0 Å². The van der Waals surface area contributed by atoms with Crippen molar-refractivity contribution in [2.75, 3.05) is 0 Å². The number of aromatic nitrogens is 1. The largest absolute Gasteiger partial charge is 0.508 e. The van der Waals surface area contributed by atoms with Crippen LogP contribution in [-0.2, 0) is 0 Å². The number of aromatic hydroxyl groups is 1. The Morgan fingerprint density at radius 3 is 2.40 bits per heavy atom. The van der Waals surface area contributed by atoms with Crippen LogP contribution in [0, 0.1) is 6.92 Å². The molecule has 0 aliphatic rings. The first-order valence-corrected chi connectivity index (χ1v) is 4.66. The number of pyridine rings is 1. The lowest BCUT2D eigenvalue weighted by Crippen LogP contribution is -2.09. The van der Waals surface area contributed by atoms with Gasteiger partial charge in [0, 0.05) is 11.8 Å². The van der Waals surface area contributed by atoms with Crippen LogP contribution in [0.3, 0.4) is 0 Å². The first kappa shape index (κ1) is 9.52. The SMILES string of the molecule is Cc1cc[nH]c(=O)c1-c1ccc(O)cc1. The van der Waals surface area contributed by atoms with Crippen LogP contribution < -0.4 is 5.56 Å². The Morgan fingerprint density at radius 1 is 1.13 bits per heavy atom. The van der Waals surface area contributed by atoms with Gasteiger partial charge in [-0.3, -0.25) is 4.79 Å². The van der Waals surface area contributed by atoms with E-state index in [0.717, 1.165) is 11.1 Å². The van der Waals surface area contributed by atoms with E-state index in [4.69, 9.17) is 5.11 Å². The number of hydrogen-bond acceptors (Lipinski definition) is 2. The number of rotatable bonds is 1. The summed E-state index contributed by atoms with van der Waals surface area (Å²) in [5, 5.41) is 9.16. The highest BCUT2D eigenvalue weighted by molar-refractivity contribution is 5.66. The monoisotopic (exact) mass is 201 g/mol. The van der Waals surface area contributed by atoms with E-state index in [9.17, 15) is 4.79 Å². The van der Waals surface area contributed by atoms with E-state index in [1.807, 2.05) is 13.0 Å². The summed E-state index contributed by atoms with van der Waals surface area (Å²) in [5.74, 6) is 0.198. The molecule has 0 radical (unpaired) electrons. The average molecular weight is 201 g/mol. The van der Waals surface area contributed by atoms with E-state index < -0.39 is 0 Å². The van der Waals surface area contributed by atoms with Crippen LogP contribution in [0.2, 0.25) is 0 Å². The minimum atomic E-state index is -0.110. The molecule has 0 amide bonds. The number of phenols is 1. The molecule has 0 fully saturated rings. The predicted molar refractivity (Wildman–Crippen MR) is 58.9 cm³/mol. The Bertz CT molecular complexity index is 526. The second kappa shape index (κ2) is 3.61. The van der Waals surface area contributed by atoms with Crippen LogP contribution in [0.25, 0.3) is 11.1 Å². The highest BCUT2D eigenvalue weighted by Gasteiger charge is 2.05. The lowest BCUT2D eigenvalue weighted by Gasteiger charge is -2.03. The van der Waals surface area contributed by atoms with E-state index in [1.165, 1.54) is 0 Å². The molecule has 1 aromatic carbocycles. The van der Waals surface area contributed by atoms with E-state index in [2.05, 4.69) is 4.98 Å². The number of aromatic amines is 1. The minimum absolute atomic E-state index is 0.110. The van der Waals surface area contributed by atoms with Gasteiger partial charge >= 0.3 is 0 Å². The third kappa shape index (κ3) is 1.76. The number of nitrogens with one attached hydrogen (secondary N) is 1. The summed E-state index contributed by atoms with van der Waals surface area (Å²) in [6, 6.07) is 8.45. The molecule has 3 nitrogen and oxygen atoms in total. The maximum absolute atomic E-state index is 11.6. The van der Waals surface area contributed by atoms with Crippen molar-refractivity contribution < 1.29 is 5.11 Å².